The zero-order valence-corrected chi connectivity index (χ0v) is 14.7. The fourth-order valence-corrected chi connectivity index (χ4v) is 2.79. The molecule has 1 aromatic rings. The summed E-state index contributed by atoms with van der Waals surface area (Å²) in [6.45, 7) is 11.0. The summed E-state index contributed by atoms with van der Waals surface area (Å²) in [5.41, 5.74) is -0.140. The zero-order chi connectivity index (χ0) is 17.2. The van der Waals surface area contributed by atoms with Gasteiger partial charge in [-0.05, 0) is 42.2 Å². The third-order valence-electron chi connectivity index (χ3n) is 4.24. The fourth-order valence-electron chi connectivity index (χ4n) is 1.74. The minimum Gasteiger partial charge on any atom is -0.416 e. The molecule has 0 radical (unpaired) electrons. The molecule has 124 valence electrons. The van der Waals surface area contributed by atoms with E-state index >= 15 is 0 Å². The highest BCUT2D eigenvalue weighted by molar-refractivity contribution is 6.74. The van der Waals surface area contributed by atoms with Crippen LogP contribution in [0.5, 0.6) is 0 Å². The first-order valence-corrected chi connectivity index (χ1v) is 10.1. The number of alkyl halides is 3. The van der Waals surface area contributed by atoms with E-state index in [9.17, 15) is 18.0 Å². The molecule has 0 amide bonds. The van der Waals surface area contributed by atoms with Gasteiger partial charge in [0, 0.05) is 12.2 Å². The molecule has 0 aromatic heterocycles. The lowest BCUT2D eigenvalue weighted by atomic mass is 10.0. The molecular weight excluding hydrogens is 309 g/mol. The van der Waals surface area contributed by atoms with E-state index in [0.29, 0.717) is 24.9 Å². The van der Waals surface area contributed by atoms with Crippen molar-refractivity contribution in [3.63, 3.8) is 0 Å². The number of carbonyl (C=O) groups is 1. The maximum absolute atomic E-state index is 12.6. The highest BCUT2D eigenvalue weighted by atomic mass is 28.4. The van der Waals surface area contributed by atoms with Gasteiger partial charge < -0.3 is 4.43 Å². The van der Waals surface area contributed by atoms with E-state index in [2.05, 4.69) is 33.9 Å². The number of halogens is 3. The summed E-state index contributed by atoms with van der Waals surface area (Å²) < 4.78 is 43.9. The Hall–Kier alpha value is -1.14. The van der Waals surface area contributed by atoms with Gasteiger partial charge in [-0.15, -0.1) is 0 Å². The van der Waals surface area contributed by atoms with Crippen LogP contribution in [0.15, 0.2) is 18.2 Å². The predicted octanol–water partition coefficient (Wildman–Crippen LogP) is 5.08. The number of carbonyl (C=O) groups excluding carboxylic acids is 1. The second-order valence-corrected chi connectivity index (χ2v) is 11.7. The van der Waals surface area contributed by atoms with E-state index in [1.54, 1.807) is 0 Å². The normalized spacial score (nSPS) is 13.3. The molecule has 0 aliphatic heterocycles. The molecule has 0 spiro atoms. The average molecular weight is 332 g/mol. The van der Waals surface area contributed by atoms with Crippen molar-refractivity contribution in [1.82, 2.24) is 0 Å². The summed E-state index contributed by atoms with van der Waals surface area (Å²) in [5.74, 6) is 0. The lowest BCUT2D eigenvalue weighted by Crippen LogP contribution is -2.41. The van der Waals surface area contributed by atoms with Gasteiger partial charge in [-0.1, -0.05) is 26.8 Å². The lowest BCUT2D eigenvalue weighted by Gasteiger charge is -2.36. The SMILES string of the molecule is CC(C)(C)[Si](C)(C)OCCc1ccc(C(F)(F)F)cc1C=O. The van der Waals surface area contributed by atoms with Crippen LogP contribution in [0.4, 0.5) is 13.2 Å². The Labute approximate surface area is 130 Å². The van der Waals surface area contributed by atoms with Gasteiger partial charge in [0.1, 0.15) is 6.29 Å². The van der Waals surface area contributed by atoms with E-state index < -0.39 is 20.1 Å². The van der Waals surface area contributed by atoms with Crippen molar-refractivity contribution in [2.24, 2.45) is 0 Å². The molecule has 0 unspecified atom stereocenters. The summed E-state index contributed by atoms with van der Waals surface area (Å²) >= 11 is 0. The molecule has 2 nitrogen and oxygen atoms in total. The third-order valence-corrected chi connectivity index (χ3v) is 8.78. The molecule has 0 saturated carbocycles. The van der Waals surface area contributed by atoms with Crippen molar-refractivity contribution in [3.8, 4) is 0 Å². The fraction of sp³-hybridized carbons (Fsp3) is 0.562. The number of aldehydes is 1. The highest BCUT2D eigenvalue weighted by Crippen LogP contribution is 2.36. The summed E-state index contributed by atoms with van der Waals surface area (Å²) in [5, 5.41) is 0.0701. The van der Waals surface area contributed by atoms with Crippen molar-refractivity contribution >= 4 is 14.6 Å². The van der Waals surface area contributed by atoms with Crippen molar-refractivity contribution in [3.05, 3.63) is 34.9 Å². The molecule has 1 aromatic carbocycles. The maximum atomic E-state index is 12.6. The van der Waals surface area contributed by atoms with Crippen LogP contribution in [-0.2, 0) is 17.0 Å². The van der Waals surface area contributed by atoms with Crippen molar-refractivity contribution in [2.75, 3.05) is 6.61 Å². The minimum atomic E-state index is -4.44. The van der Waals surface area contributed by atoms with E-state index in [-0.39, 0.29) is 10.6 Å². The number of rotatable bonds is 5. The quantitative estimate of drug-likeness (QED) is 0.555. The molecule has 0 heterocycles. The van der Waals surface area contributed by atoms with Crippen molar-refractivity contribution in [1.29, 1.82) is 0 Å². The van der Waals surface area contributed by atoms with E-state index in [1.165, 1.54) is 6.07 Å². The van der Waals surface area contributed by atoms with E-state index in [1.807, 2.05) is 0 Å². The molecule has 0 bridgehead atoms. The van der Waals surface area contributed by atoms with Crippen LogP contribution >= 0.6 is 0 Å². The van der Waals surface area contributed by atoms with E-state index in [4.69, 9.17) is 4.43 Å². The number of hydrogen-bond acceptors (Lipinski definition) is 2. The second-order valence-electron chi connectivity index (χ2n) is 6.89. The second kappa shape index (κ2) is 6.54. The Morgan fingerprint density at radius 3 is 2.23 bits per heavy atom. The Kier molecular flexibility index (Phi) is 5.62. The molecule has 1 rings (SSSR count). The first-order valence-electron chi connectivity index (χ1n) is 7.18. The van der Waals surface area contributed by atoms with Crippen LogP contribution in [0.1, 0.15) is 42.3 Å². The molecule has 0 aliphatic rings. The van der Waals surface area contributed by atoms with Crippen LogP contribution in [-0.4, -0.2) is 21.2 Å². The molecule has 0 atom stereocenters. The summed E-state index contributed by atoms with van der Waals surface area (Å²) in [6, 6.07) is 3.27. The van der Waals surface area contributed by atoms with Crippen LogP contribution in [0.25, 0.3) is 0 Å². The van der Waals surface area contributed by atoms with E-state index in [0.717, 1.165) is 12.1 Å². The predicted molar refractivity (Wildman–Crippen MR) is 83.7 cm³/mol. The smallest absolute Gasteiger partial charge is 0.416 e. The van der Waals surface area contributed by atoms with Gasteiger partial charge in [0.2, 0.25) is 0 Å². The largest absolute Gasteiger partial charge is 0.416 e. The standard InChI is InChI=1S/C16H23F3O2Si/c1-15(2,3)22(4,5)21-9-8-12-6-7-14(16(17,18)19)10-13(12)11-20/h6-7,10-11H,8-9H2,1-5H3. The molecule has 0 fully saturated rings. The van der Waals surface area contributed by atoms with Crippen molar-refractivity contribution in [2.45, 2.75) is 51.5 Å². The van der Waals surface area contributed by atoms with Gasteiger partial charge >= 0.3 is 6.18 Å². The first kappa shape index (κ1) is 18.9. The average Bonchev–Trinajstić information content (AvgIpc) is 2.36. The first-order chi connectivity index (χ1) is 9.88. The summed E-state index contributed by atoms with van der Waals surface area (Å²) in [7, 11) is -1.90. The van der Waals surface area contributed by atoms with Crippen molar-refractivity contribution < 1.29 is 22.4 Å². The summed E-state index contributed by atoms with van der Waals surface area (Å²) in [6.07, 6.45) is -3.54. The topological polar surface area (TPSA) is 26.3 Å². The minimum absolute atomic E-state index is 0.0701. The molecule has 0 N–H and O–H groups in total. The monoisotopic (exact) mass is 332 g/mol. The van der Waals surface area contributed by atoms with Crippen LogP contribution in [0, 0.1) is 0 Å². The molecule has 0 aliphatic carbocycles. The molecule has 22 heavy (non-hydrogen) atoms. The van der Waals surface area contributed by atoms with Gasteiger partial charge in [-0.25, -0.2) is 0 Å². The van der Waals surface area contributed by atoms with Crippen LogP contribution in [0.3, 0.4) is 0 Å². The van der Waals surface area contributed by atoms with Gasteiger partial charge in [-0.2, -0.15) is 13.2 Å². The Morgan fingerprint density at radius 1 is 1.18 bits per heavy atom. The van der Waals surface area contributed by atoms with Gasteiger partial charge in [0.25, 0.3) is 0 Å². The molecular formula is C16H23F3O2Si. The molecule has 6 heteroatoms. The number of hydrogen-bond donors (Lipinski definition) is 0. The summed E-state index contributed by atoms with van der Waals surface area (Å²) in [4.78, 5) is 11.0. The zero-order valence-electron chi connectivity index (χ0n) is 13.7. The lowest BCUT2D eigenvalue weighted by molar-refractivity contribution is -0.137. The van der Waals surface area contributed by atoms with Gasteiger partial charge in [-0.3, -0.25) is 4.79 Å². The highest BCUT2D eigenvalue weighted by Gasteiger charge is 2.37. The molecule has 0 saturated heterocycles. The van der Waals surface area contributed by atoms with Gasteiger partial charge in [0.15, 0.2) is 8.32 Å². The van der Waals surface area contributed by atoms with Crippen LogP contribution < -0.4 is 0 Å². The Bertz CT molecular complexity index is 531. The van der Waals surface area contributed by atoms with Gasteiger partial charge in [0.05, 0.1) is 5.56 Å². The Morgan fingerprint density at radius 2 is 1.77 bits per heavy atom. The van der Waals surface area contributed by atoms with Crippen LogP contribution in [0.2, 0.25) is 18.1 Å². The third kappa shape index (κ3) is 4.68. The Balaban J connectivity index is 2.81. The number of benzene rings is 1. The maximum Gasteiger partial charge on any atom is 0.416 e.